The van der Waals surface area contributed by atoms with Gasteiger partial charge in [0.1, 0.15) is 0 Å². The van der Waals surface area contributed by atoms with Gasteiger partial charge in [0.05, 0.1) is 34.8 Å². The van der Waals surface area contributed by atoms with Gasteiger partial charge in [-0.3, -0.25) is 14.2 Å². The van der Waals surface area contributed by atoms with Gasteiger partial charge in [0.25, 0.3) is 0 Å². The lowest BCUT2D eigenvalue weighted by Gasteiger charge is -2.07. The molecule has 0 aliphatic carbocycles. The Balaban J connectivity index is 1.58. The lowest BCUT2D eigenvalue weighted by molar-refractivity contribution is 0.0696. The summed E-state index contributed by atoms with van der Waals surface area (Å²) in [4.78, 5) is 19.9. The Labute approximate surface area is 171 Å². The van der Waals surface area contributed by atoms with Crippen LogP contribution in [-0.2, 0) is 4.74 Å². The van der Waals surface area contributed by atoms with Crippen LogP contribution in [0.1, 0.15) is 28.4 Å². The first-order chi connectivity index (χ1) is 14.5. The van der Waals surface area contributed by atoms with E-state index >= 15 is 0 Å². The zero-order chi connectivity index (χ0) is 20.8. The first kappa shape index (κ1) is 18.3. The summed E-state index contributed by atoms with van der Waals surface area (Å²) < 4.78 is 8.89. The molecule has 1 aliphatic rings. The Morgan fingerprint density at radius 1 is 1.30 bits per heavy atom. The van der Waals surface area contributed by atoms with Crippen molar-refractivity contribution in [1.82, 2.24) is 24.3 Å². The Morgan fingerprint density at radius 2 is 2.17 bits per heavy atom. The number of aromatic carboxylic acids is 1. The SMILES string of the molecule is Cc1cc(-c2cncc(C(=O)O)c2)nc2cn(-c3ccn([C@H]4CCOC4)n3)c(O)c12. The molecule has 1 atom stereocenters. The third kappa shape index (κ3) is 3.00. The molecule has 4 aromatic rings. The van der Waals surface area contributed by atoms with Gasteiger partial charge < -0.3 is 14.9 Å². The normalized spacial score (nSPS) is 16.4. The van der Waals surface area contributed by atoms with Crippen molar-refractivity contribution in [3.8, 4) is 23.0 Å². The predicted octanol–water partition coefficient (Wildman–Crippen LogP) is 2.96. The smallest absolute Gasteiger partial charge is 0.337 e. The van der Waals surface area contributed by atoms with Gasteiger partial charge in [0.2, 0.25) is 5.88 Å². The second-order valence-electron chi connectivity index (χ2n) is 7.35. The van der Waals surface area contributed by atoms with Gasteiger partial charge >= 0.3 is 5.97 Å². The molecular formula is C21H19N5O4. The van der Waals surface area contributed by atoms with Crippen molar-refractivity contribution in [2.45, 2.75) is 19.4 Å². The molecule has 1 saturated heterocycles. The van der Waals surface area contributed by atoms with E-state index in [0.29, 0.717) is 34.6 Å². The van der Waals surface area contributed by atoms with Crippen LogP contribution in [0.5, 0.6) is 5.88 Å². The molecule has 2 N–H and O–H groups in total. The van der Waals surface area contributed by atoms with Crippen LogP contribution < -0.4 is 0 Å². The molecular weight excluding hydrogens is 386 g/mol. The summed E-state index contributed by atoms with van der Waals surface area (Å²) in [7, 11) is 0. The van der Waals surface area contributed by atoms with Gasteiger partial charge in [-0.05, 0) is 31.0 Å². The van der Waals surface area contributed by atoms with E-state index in [1.54, 1.807) is 17.0 Å². The van der Waals surface area contributed by atoms with Gasteiger partial charge in [0.15, 0.2) is 5.82 Å². The van der Waals surface area contributed by atoms with Crippen molar-refractivity contribution in [2.24, 2.45) is 0 Å². The Kier molecular flexibility index (Phi) is 4.25. The number of hydrogen-bond acceptors (Lipinski definition) is 6. The summed E-state index contributed by atoms with van der Waals surface area (Å²) in [6.07, 6.45) is 7.39. The molecule has 5 heterocycles. The van der Waals surface area contributed by atoms with Crippen LogP contribution >= 0.6 is 0 Å². The number of carbonyl (C=O) groups is 1. The van der Waals surface area contributed by atoms with E-state index < -0.39 is 5.97 Å². The first-order valence-corrected chi connectivity index (χ1v) is 9.55. The fourth-order valence-electron chi connectivity index (χ4n) is 3.80. The zero-order valence-corrected chi connectivity index (χ0v) is 16.2. The fourth-order valence-corrected chi connectivity index (χ4v) is 3.80. The molecule has 0 bridgehead atoms. The van der Waals surface area contributed by atoms with Crippen LogP contribution in [0.15, 0.2) is 43.0 Å². The van der Waals surface area contributed by atoms with Crippen molar-refractivity contribution in [2.75, 3.05) is 13.2 Å². The van der Waals surface area contributed by atoms with Gasteiger partial charge in [-0.2, -0.15) is 5.10 Å². The standard InChI is InChI=1S/C21H19N5O4/c1-12-6-16(13-7-14(21(28)29)9-22-8-13)23-17-10-25(20(27)19(12)17)18-2-4-26(24-18)15-3-5-30-11-15/h2,4,6-10,15,27H,3,5,11H2,1H3,(H,28,29)/t15-/m0/s1. The molecule has 9 nitrogen and oxygen atoms in total. The number of rotatable bonds is 4. The number of aryl methyl sites for hydroxylation is 1. The van der Waals surface area contributed by atoms with Crippen LogP contribution in [0.3, 0.4) is 0 Å². The fraction of sp³-hybridized carbons (Fsp3) is 0.238. The lowest BCUT2D eigenvalue weighted by atomic mass is 10.1. The highest BCUT2D eigenvalue weighted by atomic mass is 16.5. The molecule has 0 radical (unpaired) electrons. The maximum atomic E-state index is 11.3. The van der Waals surface area contributed by atoms with Crippen LogP contribution in [0.2, 0.25) is 0 Å². The maximum Gasteiger partial charge on any atom is 0.337 e. The number of pyridine rings is 2. The minimum Gasteiger partial charge on any atom is -0.494 e. The Morgan fingerprint density at radius 3 is 2.93 bits per heavy atom. The predicted molar refractivity (Wildman–Crippen MR) is 108 cm³/mol. The topological polar surface area (TPSA) is 115 Å². The second kappa shape index (κ2) is 6.96. The average molecular weight is 405 g/mol. The molecule has 1 aliphatic heterocycles. The summed E-state index contributed by atoms with van der Waals surface area (Å²) in [5.74, 6) is -0.394. The van der Waals surface area contributed by atoms with Crippen molar-refractivity contribution in [3.63, 3.8) is 0 Å². The molecule has 0 spiro atoms. The number of fused-ring (bicyclic) bond motifs is 1. The van der Waals surface area contributed by atoms with Crippen molar-refractivity contribution >= 4 is 16.9 Å². The monoisotopic (exact) mass is 405 g/mol. The van der Waals surface area contributed by atoms with E-state index in [1.807, 2.05) is 29.9 Å². The van der Waals surface area contributed by atoms with E-state index in [2.05, 4.69) is 15.1 Å². The summed E-state index contributed by atoms with van der Waals surface area (Å²) in [5, 5.41) is 25.3. The number of aromatic hydroxyl groups is 1. The quantitative estimate of drug-likeness (QED) is 0.536. The summed E-state index contributed by atoms with van der Waals surface area (Å²) in [5.41, 5.74) is 2.67. The molecule has 30 heavy (non-hydrogen) atoms. The van der Waals surface area contributed by atoms with Crippen LogP contribution in [0.4, 0.5) is 0 Å². The molecule has 152 valence electrons. The molecule has 5 rings (SSSR count). The number of aromatic nitrogens is 5. The van der Waals surface area contributed by atoms with Crippen LogP contribution in [0, 0.1) is 6.92 Å². The Hall–Kier alpha value is -3.72. The molecule has 0 aromatic carbocycles. The van der Waals surface area contributed by atoms with Gasteiger partial charge in [-0.25, -0.2) is 9.78 Å². The number of carboxylic acid groups (broad SMARTS) is 1. The number of ether oxygens (including phenoxy) is 1. The highest BCUT2D eigenvalue weighted by Gasteiger charge is 2.21. The van der Waals surface area contributed by atoms with Crippen molar-refractivity contribution < 1.29 is 19.7 Å². The van der Waals surface area contributed by atoms with E-state index in [0.717, 1.165) is 18.6 Å². The minimum absolute atomic E-state index is 0.0619. The third-order valence-electron chi connectivity index (χ3n) is 5.35. The molecule has 0 saturated carbocycles. The van der Waals surface area contributed by atoms with Crippen molar-refractivity contribution in [1.29, 1.82) is 0 Å². The van der Waals surface area contributed by atoms with Gasteiger partial charge in [-0.1, -0.05) is 0 Å². The summed E-state index contributed by atoms with van der Waals surface area (Å²) in [6.45, 7) is 3.23. The van der Waals surface area contributed by atoms with Gasteiger partial charge in [-0.15, -0.1) is 0 Å². The van der Waals surface area contributed by atoms with E-state index in [1.165, 1.54) is 12.3 Å². The lowest BCUT2D eigenvalue weighted by Crippen LogP contribution is -2.09. The summed E-state index contributed by atoms with van der Waals surface area (Å²) in [6, 6.07) is 5.38. The average Bonchev–Trinajstić information content (AvgIpc) is 3.48. The maximum absolute atomic E-state index is 11.3. The third-order valence-corrected chi connectivity index (χ3v) is 5.35. The second-order valence-corrected chi connectivity index (χ2v) is 7.35. The first-order valence-electron chi connectivity index (χ1n) is 9.55. The van der Waals surface area contributed by atoms with Crippen molar-refractivity contribution in [3.05, 3.63) is 54.1 Å². The molecule has 1 fully saturated rings. The van der Waals surface area contributed by atoms with Crippen LogP contribution in [-0.4, -0.2) is 53.7 Å². The molecule has 9 heteroatoms. The highest BCUT2D eigenvalue weighted by molar-refractivity contribution is 5.92. The summed E-state index contributed by atoms with van der Waals surface area (Å²) >= 11 is 0. The molecule has 0 amide bonds. The van der Waals surface area contributed by atoms with Gasteiger partial charge in [0, 0.05) is 43.0 Å². The number of nitrogens with zero attached hydrogens (tertiary/aromatic N) is 5. The van der Waals surface area contributed by atoms with E-state index in [4.69, 9.17) is 4.74 Å². The zero-order valence-electron chi connectivity index (χ0n) is 16.2. The molecule has 4 aromatic heterocycles. The largest absolute Gasteiger partial charge is 0.494 e. The highest BCUT2D eigenvalue weighted by Crippen LogP contribution is 2.34. The number of carboxylic acids is 1. The minimum atomic E-state index is -1.05. The molecule has 0 unspecified atom stereocenters. The van der Waals surface area contributed by atoms with E-state index in [-0.39, 0.29) is 17.5 Å². The Bertz CT molecular complexity index is 1270. The number of hydrogen-bond donors (Lipinski definition) is 2. The van der Waals surface area contributed by atoms with E-state index in [9.17, 15) is 15.0 Å². The van der Waals surface area contributed by atoms with Crippen LogP contribution in [0.25, 0.3) is 28.0 Å².